The Morgan fingerprint density at radius 1 is 0.560 bits per heavy atom. The van der Waals surface area contributed by atoms with Crippen LogP contribution in [0.4, 0.5) is 0 Å². The van der Waals surface area contributed by atoms with E-state index < -0.39 is 8.56 Å². The first-order chi connectivity index (χ1) is 12.1. The van der Waals surface area contributed by atoms with E-state index in [1.807, 2.05) is 0 Å². The second-order valence-electron chi connectivity index (χ2n) is 7.32. The molecular weight excluding hydrogens is 324 g/mol. The van der Waals surface area contributed by atoms with Crippen LogP contribution in [0.15, 0.2) is 24.3 Å². The molecule has 0 atom stereocenters. The van der Waals surface area contributed by atoms with Crippen molar-refractivity contribution in [2.75, 3.05) is 13.2 Å². The maximum atomic E-state index is 6.01. The van der Waals surface area contributed by atoms with Crippen LogP contribution in [-0.4, -0.2) is 21.8 Å². The van der Waals surface area contributed by atoms with Crippen molar-refractivity contribution in [3.05, 3.63) is 24.3 Å². The van der Waals surface area contributed by atoms with Gasteiger partial charge in [-0.1, -0.05) is 63.8 Å². The van der Waals surface area contributed by atoms with Crippen LogP contribution in [0.2, 0.25) is 13.1 Å². The molecule has 0 aromatic heterocycles. The minimum Gasteiger partial charge on any atom is -0.394 e. The minimum atomic E-state index is -1.92. The van der Waals surface area contributed by atoms with E-state index in [1.54, 1.807) is 0 Å². The van der Waals surface area contributed by atoms with Gasteiger partial charge in [-0.05, 0) is 64.5 Å². The van der Waals surface area contributed by atoms with Gasteiger partial charge in [-0.2, -0.15) is 0 Å². The van der Waals surface area contributed by atoms with Crippen molar-refractivity contribution in [1.82, 2.24) is 0 Å². The highest BCUT2D eigenvalue weighted by atomic mass is 28.4. The van der Waals surface area contributed by atoms with Crippen LogP contribution in [-0.2, 0) is 8.85 Å². The number of allylic oxidation sites excluding steroid dienone is 4. The third-order valence-electron chi connectivity index (χ3n) is 4.21. The van der Waals surface area contributed by atoms with Crippen molar-refractivity contribution in [3.8, 4) is 0 Å². The summed E-state index contributed by atoms with van der Waals surface area (Å²) in [5.41, 5.74) is 0. The fourth-order valence-corrected chi connectivity index (χ4v) is 3.93. The lowest BCUT2D eigenvalue weighted by Gasteiger charge is -2.22. The van der Waals surface area contributed by atoms with Crippen LogP contribution in [0.25, 0.3) is 0 Å². The standard InChI is InChI=1S/C22H44O2Si/c1-5-7-9-11-13-15-17-19-21-23-25(3,4)24-22-20-18-16-14-12-10-8-6-2/h13-16H,5-12,17-22H2,1-4H3/b15-13-,16-14-. The fraction of sp³-hybridized carbons (Fsp3) is 0.818. The van der Waals surface area contributed by atoms with Gasteiger partial charge in [0.1, 0.15) is 0 Å². The zero-order valence-electron chi connectivity index (χ0n) is 17.5. The van der Waals surface area contributed by atoms with E-state index >= 15 is 0 Å². The lowest BCUT2D eigenvalue weighted by Crippen LogP contribution is -2.35. The molecule has 0 N–H and O–H groups in total. The van der Waals surface area contributed by atoms with Crippen LogP contribution >= 0.6 is 0 Å². The maximum Gasteiger partial charge on any atom is 0.331 e. The van der Waals surface area contributed by atoms with Gasteiger partial charge in [0.2, 0.25) is 0 Å². The molecule has 0 unspecified atom stereocenters. The summed E-state index contributed by atoms with van der Waals surface area (Å²) < 4.78 is 12.0. The van der Waals surface area contributed by atoms with Crippen molar-refractivity contribution < 1.29 is 8.85 Å². The summed E-state index contributed by atoms with van der Waals surface area (Å²) in [5.74, 6) is 0. The third-order valence-corrected chi connectivity index (χ3v) is 6.01. The van der Waals surface area contributed by atoms with E-state index in [4.69, 9.17) is 8.85 Å². The van der Waals surface area contributed by atoms with Crippen LogP contribution in [0, 0.1) is 0 Å². The van der Waals surface area contributed by atoms with Crippen molar-refractivity contribution in [2.45, 2.75) is 104 Å². The Labute approximate surface area is 159 Å². The van der Waals surface area contributed by atoms with Gasteiger partial charge in [-0.25, -0.2) is 0 Å². The molecule has 0 radical (unpaired) electrons. The van der Waals surface area contributed by atoms with Gasteiger partial charge in [0, 0.05) is 13.2 Å². The van der Waals surface area contributed by atoms with Crippen LogP contribution < -0.4 is 0 Å². The van der Waals surface area contributed by atoms with E-state index in [-0.39, 0.29) is 0 Å². The molecule has 0 aromatic rings. The lowest BCUT2D eigenvalue weighted by molar-refractivity contribution is 0.176. The molecule has 2 nitrogen and oxygen atoms in total. The molecule has 0 aliphatic heterocycles. The normalized spacial score (nSPS) is 12.6. The largest absolute Gasteiger partial charge is 0.394 e. The SMILES string of the molecule is CCCCC/C=C\CCCO[Si](C)(C)OCCC/C=C\CCCCC. The molecule has 0 fully saturated rings. The van der Waals surface area contributed by atoms with Gasteiger partial charge in [0.05, 0.1) is 0 Å². The van der Waals surface area contributed by atoms with Crippen LogP contribution in [0.3, 0.4) is 0 Å². The zero-order chi connectivity index (χ0) is 18.6. The maximum absolute atomic E-state index is 6.01. The minimum absolute atomic E-state index is 0.829. The molecule has 3 heteroatoms. The molecule has 0 bridgehead atoms. The van der Waals surface area contributed by atoms with Gasteiger partial charge in [0.15, 0.2) is 0 Å². The Morgan fingerprint density at radius 2 is 0.920 bits per heavy atom. The molecular formula is C22H44O2Si. The van der Waals surface area contributed by atoms with Gasteiger partial charge in [-0.15, -0.1) is 0 Å². The first-order valence-electron chi connectivity index (χ1n) is 10.7. The summed E-state index contributed by atoms with van der Waals surface area (Å²) in [6.45, 7) is 10.5. The highest BCUT2D eigenvalue weighted by molar-refractivity contribution is 6.64. The third kappa shape index (κ3) is 19.8. The smallest absolute Gasteiger partial charge is 0.331 e. The molecule has 25 heavy (non-hydrogen) atoms. The molecule has 0 aliphatic rings. The number of hydrogen-bond acceptors (Lipinski definition) is 2. The Morgan fingerprint density at radius 3 is 1.28 bits per heavy atom. The van der Waals surface area contributed by atoms with Crippen molar-refractivity contribution >= 4 is 8.56 Å². The molecule has 0 saturated heterocycles. The highest BCUT2D eigenvalue weighted by Gasteiger charge is 2.23. The quantitative estimate of drug-likeness (QED) is 0.141. The second kappa shape index (κ2) is 18.4. The van der Waals surface area contributed by atoms with E-state index in [9.17, 15) is 0 Å². The predicted octanol–water partition coefficient (Wildman–Crippen LogP) is 7.55. The summed E-state index contributed by atoms with van der Waals surface area (Å²) in [6.07, 6.45) is 24.1. The average Bonchev–Trinajstić information content (AvgIpc) is 2.59. The zero-order valence-corrected chi connectivity index (χ0v) is 18.5. The van der Waals surface area contributed by atoms with Crippen molar-refractivity contribution in [1.29, 1.82) is 0 Å². The summed E-state index contributed by atoms with van der Waals surface area (Å²) in [4.78, 5) is 0. The van der Waals surface area contributed by atoms with Gasteiger partial charge in [0.25, 0.3) is 0 Å². The Balaban J connectivity index is 3.49. The van der Waals surface area contributed by atoms with Crippen molar-refractivity contribution in [2.24, 2.45) is 0 Å². The number of unbranched alkanes of at least 4 members (excludes halogenated alkanes) is 8. The van der Waals surface area contributed by atoms with Gasteiger partial charge in [-0.3, -0.25) is 0 Å². The fourth-order valence-electron chi connectivity index (χ4n) is 2.58. The molecule has 0 rings (SSSR count). The van der Waals surface area contributed by atoms with Gasteiger partial charge < -0.3 is 8.85 Å². The van der Waals surface area contributed by atoms with Gasteiger partial charge >= 0.3 is 8.56 Å². The van der Waals surface area contributed by atoms with Crippen LogP contribution in [0.1, 0.15) is 90.9 Å². The van der Waals surface area contributed by atoms with E-state index in [0.29, 0.717) is 0 Å². The molecule has 148 valence electrons. The van der Waals surface area contributed by atoms with Crippen molar-refractivity contribution in [3.63, 3.8) is 0 Å². The molecule has 0 aromatic carbocycles. The van der Waals surface area contributed by atoms with E-state index in [2.05, 4.69) is 51.2 Å². The summed E-state index contributed by atoms with van der Waals surface area (Å²) in [5, 5.41) is 0. The first kappa shape index (κ1) is 24.6. The topological polar surface area (TPSA) is 18.5 Å². The molecule has 0 aliphatic carbocycles. The summed E-state index contributed by atoms with van der Waals surface area (Å²) in [7, 11) is -1.92. The molecule has 0 amide bonds. The van der Waals surface area contributed by atoms with Crippen LogP contribution in [0.5, 0.6) is 0 Å². The first-order valence-corrected chi connectivity index (χ1v) is 13.5. The molecule has 0 spiro atoms. The van der Waals surface area contributed by atoms with E-state index in [1.165, 1.54) is 51.4 Å². The predicted molar refractivity (Wildman–Crippen MR) is 114 cm³/mol. The summed E-state index contributed by atoms with van der Waals surface area (Å²) >= 11 is 0. The Bertz CT molecular complexity index is 294. The highest BCUT2D eigenvalue weighted by Crippen LogP contribution is 2.10. The van der Waals surface area contributed by atoms with E-state index in [0.717, 1.165) is 38.9 Å². The monoisotopic (exact) mass is 368 g/mol. The Hall–Kier alpha value is -0.383. The molecule has 0 saturated carbocycles. The second-order valence-corrected chi connectivity index (χ2v) is 10.7. The summed E-state index contributed by atoms with van der Waals surface area (Å²) in [6, 6.07) is 0. The average molecular weight is 369 g/mol. The number of rotatable bonds is 18. The number of hydrogen-bond donors (Lipinski definition) is 0. The Kier molecular flexibility index (Phi) is 18.1. The lowest BCUT2D eigenvalue weighted by atomic mass is 10.2. The molecule has 0 heterocycles.